The molecule has 0 saturated carbocycles. The van der Waals surface area contributed by atoms with E-state index >= 15 is 0 Å². The summed E-state index contributed by atoms with van der Waals surface area (Å²) in [6, 6.07) is 0. The quantitative estimate of drug-likeness (QED) is 0.346. The van der Waals surface area contributed by atoms with Crippen LogP contribution in [-0.4, -0.2) is 38.0 Å². The number of ether oxygens (including phenoxy) is 2. The summed E-state index contributed by atoms with van der Waals surface area (Å²) in [4.78, 5) is 21.2. The summed E-state index contributed by atoms with van der Waals surface area (Å²) < 4.78 is 80.0. The van der Waals surface area contributed by atoms with E-state index in [0.29, 0.717) is 0 Å². The van der Waals surface area contributed by atoms with Crippen LogP contribution in [0.3, 0.4) is 0 Å². The Labute approximate surface area is 103 Å². The van der Waals surface area contributed by atoms with Crippen LogP contribution in [0, 0.1) is 0 Å². The summed E-state index contributed by atoms with van der Waals surface area (Å²) in [5.41, 5.74) is -1.72. The van der Waals surface area contributed by atoms with Crippen molar-refractivity contribution in [3.8, 4) is 0 Å². The third kappa shape index (κ3) is 7.32. The fourth-order valence-corrected chi connectivity index (χ4v) is 0.781. The van der Waals surface area contributed by atoms with E-state index in [1.807, 2.05) is 0 Å². The van der Waals surface area contributed by atoms with Crippen LogP contribution in [-0.2, 0) is 19.1 Å². The van der Waals surface area contributed by atoms with E-state index in [0.717, 1.165) is 7.11 Å². The van der Waals surface area contributed by atoms with Crippen molar-refractivity contribution in [2.24, 2.45) is 0 Å². The Hall–Kier alpha value is -1.74. The standard InChI is InChI=1S/C9H8F6O4/c1-18-6(16)7(17)19-4-5(9(13,14)15)2-3-8(10,11)12/h2H,3-4H2,1H3. The molecule has 110 valence electrons. The van der Waals surface area contributed by atoms with Gasteiger partial charge in [0.05, 0.1) is 19.1 Å². The van der Waals surface area contributed by atoms with Gasteiger partial charge in [-0.15, -0.1) is 0 Å². The van der Waals surface area contributed by atoms with E-state index in [1.54, 1.807) is 0 Å². The maximum absolute atomic E-state index is 12.3. The first-order valence-electron chi connectivity index (χ1n) is 4.55. The van der Waals surface area contributed by atoms with Crippen molar-refractivity contribution >= 4 is 11.9 Å². The molecule has 0 atom stereocenters. The van der Waals surface area contributed by atoms with Crippen LogP contribution < -0.4 is 0 Å². The van der Waals surface area contributed by atoms with Crippen LogP contribution in [0.2, 0.25) is 0 Å². The second kappa shape index (κ2) is 6.43. The van der Waals surface area contributed by atoms with Crippen molar-refractivity contribution in [2.75, 3.05) is 13.7 Å². The molecule has 4 nitrogen and oxygen atoms in total. The average Bonchev–Trinajstić information content (AvgIpc) is 2.24. The SMILES string of the molecule is COC(=O)C(=O)OCC(=CCC(F)(F)F)C(F)(F)F. The molecule has 0 unspecified atom stereocenters. The van der Waals surface area contributed by atoms with Gasteiger partial charge in [-0.2, -0.15) is 26.3 Å². The summed E-state index contributed by atoms with van der Waals surface area (Å²) in [7, 11) is 0.785. The molecule has 0 fully saturated rings. The molecule has 0 aromatic carbocycles. The van der Waals surface area contributed by atoms with Crippen molar-refractivity contribution in [3.63, 3.8) is 0 Å². The molecule has 19 heavy (non-hydrogen) atoms. The number of methoxy groups -OCH3 is 1. The predicted molar refractivity (Wildman–Crippen MR) is 47.8 cm³/mol. The second-order valence-corrected chi connectivity index (χ2v) is 3.11. The predicted octanol–water partition coefficient (Wildman–Crippen LogP) is 2.14. The molecule has 0 aromatic heterocycles. The second-order valence-electron chi connectivity index (χ2n) is 3.11. The van der Waals surface area contributed by atoms with Gasteiger partial charge in [-0.05, 0) is 0 Å². The molecule has 0 aliphatic heterocycles. The minimum absolute atomic E-state index is 0.162. The van der Waals surface area contributed by atoms with Crippen molar-refractivity contribution < 1.29 is 45.4 Å². The average molecular weight is 294 g/mol. The lowest BCUT2D eigenvalue weighted by molar-refractivity contribution is -0.166. The molecule has 0 spiro atoms. The number of hydrogen-bond acceptors (Lipinski definition) is 4. The topological polar surface area (TPSA) is 52.6 Å². The van der Waals surface area contributed by atoms with E-state index in [-0.39, 0.29) is 6.08 Å². The molecule has 0 aliphatic rings. The molecule has 0 saturated heterocycles. The molecular weight excluding hydrogens is 286 g/mol. The van der Waals surface area contributed by atoms with E-state index in [1.165, 1.54) is 0 Å². The van der Waals surface area contributed by atoms with Crippen LogP contribution >= 0.6 is 0 Å². The maximum atomic E-state index is 12.3. The Kier molecular flexibility index (Phi) is 5.84. The molecule has 0 rings (SSSR count). The van der Waals surface area contributed by atoms with Gasteiger partial charge in [0.1, 0.15) is 6.61 Å². The van der Waals surface area contributed by atoms with Gasteiger partial charge in [0.15, 0.2) is 0 Å². The first kappa shape index (κ1) is 17.3. The van der Waals surface area contributed by atoms with Gasteiger partial charge < -0.3 is 9.47 Å². The Balaban J connectivity index is 4.73. The van der Waals surface area contributed by atoms with E-state index in [2.05, 4.69) is 9.47 Å². The Morgan fingerprint density at radius 2 is 1.58 bits per heavy atom. The maximum Gasteiger partial charge on any atom is 0.417 e. The Morgan fingerprint density at radius 3 is 1.95 bits per heavy atom. The number of halogens is 6. The van der Waals surface area contributed by atoms with Crippen LogP contribution in [0.15, 0.2) is 11.6 Å². The van der Waals surface area contributed by atoms with Gasteiger partial charge in [0.2, 0.25) is 0 Å². The minimum Gasteiger partial charge on any atom is -0.461 e. The van der Waals surface area contributed by atoms with Crippen molar-refractivity contribution in [3.05, 3.63) is 11.6 Å². The summed E-state index contributed by atoms with van der Waals surface area (Å²) in [5, 5.41) is 0. The monoisotopic (exact) mass is 294 g/mol. The fourth-order valence-electron chi connectivity index (χ4n) is 0.781. The number of carbonyl (C=O) groups excluding carboxylic acids is 2. The van der Waals surface area contributed by atoms with Crippen LogP contribution in [0.5, 0.6) is 0 Å². The molecule has 0 radical (unpaired) electrons. The van der Waals surface area contributed by atoms with E-state index in [9.17, 15) is 35.9 Å². The normalized spacial score (nSPS) is 13.1. The molecule has 0 aliphatic carbocycles. The van der Waals surface area contributed by atoms with E-state index < -0.39 is 42.9 Å². The molecule has 0 N–H and O–H groups in total. The van der Waals surface area contributed by atoms with Crippen molar-refractivity contribution in [1.29, 1.82) is 0 Å². The molecular formula is C9H8F6O4. The Morgan fingerprint density at radius 1 is 1.05 bits per heavy atom. The zero-order valence-electron chi connectivity index (χ0n) is 9.39. The smallest absolute Gasteiger partial charge is 0.417 e. The zero-order valence-corrected chi connectivity index (χ0v) is 9.39. The first-order valence-corrected chi connectivity index (χ1v) is 4.55. The summed E-state index contributed by atoms with van der Waals surface area (Å²) in [6.07, 6.45) is -11.9. The highest BCUT2D eigenvalue weighted by atomic mass is 19.4. The Bertz CT molecular complexity index is 368. The molecule has 0 amide bonds. The number of alkyl halides is 6. The lowest BCUT2D eigenvalue weighted by atomic mass is 10.2. The third-order valence-electron chi connectivity index (χ3n) is 1.65. The highest BCUT2D eigenvalue weighted by Gasteiger charge is 2.36. The number of carbonyl (C=O) groups is 2. The van der Waals surface area contributed by atoms with Crippen LogP contribution in [0.25, 0.3) is 0 Å². The highest BCUT2D eigenvalue weighted by molar-refractivity contribution is 6.29. The first-order chi connectivity index (χ1) is 8.47. The van der Waals surface area contributed by atoms with Crippen molar-refractivity contribution in [2.45, 2.75) is 18.8 Å². The summed E-state index contributed by atoms with van der Waals surface area (Å²) in [6.45, 7) is -1.51. The van der Waals surface area contributed by atoms with Gasteiger partial charge in [0, 0.05) is 0 Å². The lowest BCUT2D eigenvalue weighted by Gasteiger charge is -2.12. The third-order valence-corrected chi connectivity index (χ3v) is 1.65. The fraction of sp³-hybridized carbons (Fsp3) is 0.556. The summed E-state index contributed by atoms with van der Waals surface area (Å²) >= 11 is 0. The zero-order chi connectivity index (χ0) is 15.3. The van der Waals surface area contributed by atoms with Crippen LogP contribution in [0.4, 0.5) is 26.3 Å². The van der Waals surface area contributed by atoms with Gasteiger partial charge >= 0.3 is 24.3 Å². The van der Waals surface area contributed by atoms with Crippen molar-refractivity contribution in [1.82, 2.24) is 0 Å². The van der Waals surface area contributed by atoms with Gasteiger partial charge in [-0.25, -0.2) is 9.59 Å². The highest BCUT2D eigenvalue weighted by Crippen LogP contribution is 2.29. The summed E-state index contributed by atoms with van der Waals surface area (Å²) in [5.74, 6) is -3.29. The lowest BCUT2D eigenvalue weighted by Crippen LogP contribution is -2.24. The number of rotatable bonds is 3. The molecule has 0 bridgehead atoms. The molecule has 10 heteroatoms. The van der Waals surface area contributed by atoms with Gasteiger partial charge in [-0.3, -0.25) is 0 Å². The van der Waals surface area contributed by atoms with Gasteiger partial charge in [0.25, 0.3) is 0 Å². The van der Waals surface area contributed by atoms with E-state index in [4.69, 9.17) is 0 Å². The molecule has 0 heterocycles. The number of hydrogen-bond donors (Lipinski definition) is 0. The van der Waals surface area contributed by atoms with Crippen LogP contribution in [0.1, 0.15) is 6.42 Å². The number of allylic oxidation sites excluding steroid dienone is 1. The number of esters is 2. The van der Waals surface area contributed by atoms with Gasteiger partial charge in [-0.1, -0.05) is 6.08 Å². The largest absolute Gasteiger partial charge is 0.461 e. The minimum atomic E-state index is -5.11. The molecule has 0 aromatic rings.